The highest BCUT2D eigenvalue weighted by atomic mass is 32.2. The fourth-order valence-corrected chi connectivity index (χ4v) is 5.04. The molecule has 1 atom stereocenters. The van der Waals surface area contributed by atoms with Crippen molar-refractivity contribution in [3.63, 3.8) is 0 Å². The monoisotopic (exact) mass is 327 g/mol. The van der Waals surface area contributed by atoms with Crippen LogP contribution in [0.5, 0.6) is 0 Å². The Morgan fingerprint density at radius 3 is 2.95 bits per heavy atom. The lowest BCUT2D eigenvalue weighted by molar-refractivity contribution is 0.0953. The van der Waals surface area contributed by atoms with Gasteiger partial charge in [-0.15, -0.1) is 0 Å². The molecule has 0 spiro atoms. The molecule has 6 heteroatoms. The molecule has 118 valence electrons. The van der Waals surface area contributed by atoms with Crippen LogP contribution in [0.25, 0.3) is 0 Å². The summed E-state index contributed by atoms with van der Waals surface area (Å²) in [6.07, 6.45) is 2.56. The number of nitrogens with zero attached hydrogens (tertiary/aromatic N) is 2. The number of nitrogens with one attached hydrogen (secondary N) is 1. The Hall–Kier alpha value is -0.620. The minimum absolute atomic E-state index is 0.0260. The van der Waals surface area contributed by atoms with E-state index < -0.39 is 0 Å². The van der Waals surface area contributed by atoms with Crippen molar-refractivity contribution in [2.75, 3.05) is 23.8 Å². The van der Waals surface area contributed by atoms with E-state index in [0.29, 0.717) is 11.2 Å². The summed E-state index contributed by atoms with van der Waals surface area (Å²) in [7, 11) is 0. The lowest BCUT2D eigenvalue weighted by Gasteiger charge is -2.21. The molecule has 0 bridgehead atoms. The second-order valence-electron chi connectivity index (χ2n) is 5.71. The van der Waals surface area contributed by atoms with Crippen LogP contribution >= 0.6 is 23.5 Å². The van der Waals surface area contributed by atoms with Gasteiger partial charge in [-0.05, 0) is 12.3 Å². The summed E-state index contributed by atoms with van der Waals surface area (Å²) >= 11 is 3.95. The van der Waals surface area contributed by atoms with Crippen LogP contribution in [0, 0.1) is 5.92 Å². The Bertz CT molecular complexity index is 467. The molecule has 0 unspecified atom stereocenters. The van der Waals surface area contributed by atoms with Crippen molar-refractivity contribution in [2.24, 2.45) is 5.92 Å². The number of carbonyl (C=O) groups excluding carboxylic acids is 1. The van der Waals surface area contributed by atoms with E-state index in [1.54, 1.807) is 6.20 Å². The lowest BCUT2D eigenvalue weighted by atomic mass is 10.1. The zero-order valence-corrected chi connectivity index (χ0v) is 14.7. The van der Waals surface area contributed by atoms with Crippen LogP contribution in [-0.2, 0) is 13.0 Å². The van der Waals surface area contributed by atoms with Gasteiger partial charge in [0.05, 0.1) is 17.5 Å². The normalized spacial score (nSPS) is 19.0. The Labute approximate surface area is 135 Å². The molecule has 1 fully saturated rings. The maximum atomic E-state index is 12.4. The average Bonchev–Trinajstić information content (AvgIpc) is 2.87. The van der Waals surface area contributed by atoms with E-state index in [1.807, 2.05) is 28.2 Å². The number of rotatable bonds is 6. The number of thioether (sulfide) groups is 2. The third-order valence-electron chi connectivity index (χ3n) is 3.44. The van der Waals surface area contributed by atoms with Crippen LogP contribution in [0.15, 0.2) is 6.20 Å². The van der Waals surface area contributed by atoms with Gasteiger partial charge in [0.15, 0.2) is 0 Å². The first-order valence-electron chi connectivity index (χ1n) is 7.64. The summed E-state index contributed by atoms with van der Waals surface area (Å²) in [5, 5.41) is 8.02. The summed E-state index contributed by atoms with van der Waals surface area (Å²) < 4.78 is 1.98. The minimum Gasteiger partial charge on any atom is -0.351 e. The topological polar surface area (TPSA) is 46.9 Å². The Kier molecular flexibility index (Phi) is 6.48. The van der Waals surface area contributed by atoms with E-state index in [1.165, 1.54) is 11.5 Å². The van der Waals surface area contributed by atoms with Crippen molar-refractivity contribution in [1.29, 1.82) is 0 Å². The number of hydrogen-bond acceptors (Lipinski definition) is 4. The van der Waals surface area contributed by atoms with E-state index in [0.717, 1.165) is 36.5 Å². The van der Waals surface area contributed by atoms with E-state index in [2.05, 4.69) is 31.2 Å². The molecule has 0 aliphatic carbocycles. The molecule has 1 aromatic heterocycles. The Morgan fingerprint density at radius 1 is 1.52 bits per heavy atom. The molecule has 1 aliphatic rings. The molecule has 1 amide bonds. The second-order valence-corrected chi connectivity index (χ2v) is 8.27. The number of aromatic nitrogens is 2. The summed E-state index contributed by atoms with van der Waals surface area (Å²) in [6, 6.07) is 0. The molecule has 0 saturated carbocycles. The fourth-order valence-electron chi connectivity index (χ4n) is 2.43. The predicted molar refractivity (Wildman–Crippen MR) is 92.3 cm³/mol. The number of carbonyl (C=O) groups is 1. The SMILES string of the molecule is CCc1c(C(=O)NC[C@@H]2CSCCS2)cnn1CC(C)C. The maximum Gasteiger partial charge on any atom is 0.254 e. The third-order valence-corrected chi connectivity index (χ3v) is 6.29. The van der Waals surface area contributed by atoms with Gasteiger partial charge in [-0.3, -0.25) is 9.48 Å². The molecule has 1 saturated heterocycles. The fraction of sp³-hybridized carbons (Fsp3) is 0.733. The van der Waals surface area contributed by atoms with Gasteiger partial charge in [-0.25, -0.2) is 0 Å². The van der Waals surface area contributed by atoms with E-state index in [4.69, 9.17) is 0 Å². The highest BCUT2D eigenvalue weighted by molar-refractivity contribution is 8.06. The van der Waals surface area contributed by atoms with Crippen LogP contribution in [0.4, 0.5) is 0 Å². The zero-order chi connectivity index (χ0) is 15.2. The van der Waals surface area contributed by atoms with Crippen molar-refractivity contribution in [1.82, 2.24) is 15.1 Å². The first kappa shape index (κ1) is 16.7. The minimum atomic E-state index is 0.0260. The maximum absolute atomic E-state index is 12.4. The average molecular weight is 328 g/mol. The largest absolute Gasteiger partial charge is 0.351 e. The molecule has 2 rings (SSSR count). The third kappa shape index (κ3) is 4.68. The van der Waals surface area contributed by atoms with Crippen molar-refractivity contribution in [2.45, 2.75) is 39.0 Å². The van der Waals surface area contributed by atoms with Crippen molar-refractivity contribution in [3.8, 4) is 0 Å². The van der Waals surface area contributed by atoms with Crippen LogP contribution in [0.1, 0.15) is 36.8 Å². The first-order chi connectivity index (χ1) is 10.1. The quantitative estimate of drug-likeness (QED) is 0.872. The highest BCUT2D eigenvalue weighted by Crippen LogP contribution is 2.23. The van der Waals surface area contributed by atoms with Gasteiger partial charge < -0.3 is 5.32 Å². The van der Waals surface area contributed by atoms with Crippen molar-refractivity contribution in [3.05, 3.63) is 17.5 Å². The van der Waals surface area contributed by atoms with E-state index in [9.17, 15) is 4.79 Å². The van der Waals surface area contributed by atoms with Gasteiger partial charge in [-0.2, -0.15) is 28.6 Å². The smallest absolute Gasteiger partial charge is 0.254 e. The summed E-state index contributed by atoms with van der Waals surface area (Å²) in [5.74, 6) is 4.12. The standard InChI is InChI=1S/C15H25N3OS2/c1-4-14-13(8-17-18(14)9-11(2)3)15(19)16-7-12-10-20-5-6-21-12/h8,11-12H,4-7,9-10H2,1-3H3,(H,16,19)/t12-/m1/s1. The van der Waals surface area contributed by atoms with Crippen LogP contribution in [0.3, 0.4) is 0 Å². The van der Waals surface area contributed by atoms with E-state index >= 15 is 0 Å². The molecule has 4 nitrogen and oxygen atoms in total. The highest BCUT2D eigenvalue weighted by Gasteiger charge is 2.19. The predicted octanol–water partition coefficient (Wildman–Crippen LogP) is 2.68. The molecule has 0 aromatic carbocycles. The summed E-state index contributed by atoms with van der Waals surface area (Å²) in [5.41, 5.74) is 1.79. The number of hydrogen-bond donors (Lipinski definition) is 1. The second kappa shape index (κ2) is 8.13. The summed E-state index contributed by atoms with van der Waals surface area (Å²) in [4.78, 5) is 12.4. The van der Waals surface area contributed by atoms with Crippen LogP contribution in [0.2, 0.25) is 0 Å². The van der Waals surface area contributed by atoms with Gasteiger partial charge >= 0.3 is 0 Å². The van der Waals surface area contributed by atoms with Gasteiger partial charge in [0.2, 0.25) is 0 Å². The van der Waals surface area contributed by atoms with Crippen molar-refractivity contribution < 1.29 is 4.79 Å². The molecule has 1 N–H and O–H groups in total. The van der Waals surface area contributed by atoms with Gasteiger partial charge in [0.25, 0.3) is 5.91 Å². The lowest BCUT2D eigenvalue weighted by Crippen LogP contribution is -2.33. The van der Waals surface area contributed by atoms with Crippen molar-refractivity contribution >= 4 is 29.4 Å². The van der Waals surface area contributed by atoms with E-state index in [-0.39, 0.29) is 5.91 Å². The number of amides is 1. The van der Waals surface area contributed by atoms with Crippen LogP contribution in [-0.4, -0.2) is 44.7 Å². The van der Waals surface area contributed by atoms with Gasteiger partial charge in [0, 0.05) is 35.6 Å². The van der Waals surface area contributed by atoms with Crippen LogP contribution < -0.4 is 5.32 Å². The molecule has 1 aliphatic heterocycles. The molecule has 0 radical (unpaired) electrons. The Balaban J connectivity index is 1.96. The summed E-state index contributed by atoms with van der Waals surface area (Å²) in [6.45, 7) is 8.04. The zero-order valence-electron chi connectivity index (χ0n) is 13.1. The molecule has 2 heterocycles. The van der Waals surface area contributed by atoms with Gasteiger partial charge in [0.1, 0.15) is 0 Å². The first-order valence-corrected chi connectivity index (χ1v) is 9.84. The van der Waals surface area contributed by atoms with Gasteiger partial charge in [-0.1, -0.05) is 20.8 Å². The molecule has 21 heavy (non-hydrogen) atoms. The molecule has 1 aromatic rings. The Morgan fingerprint density at radius 2 is 2.33 bits per heavy atom. The molecular weight excluding hydrogens is 302 g/mol. The molecular formula is C15H25N3OS2.